The molecule has 3 aromatic carbocycles. The van der Waals surface area contributed by atoms with Gasteiger partial charge in [0.05, 0.1) is 18.2 Å². The molecule has 0 saturated carbocycles. The third-order valence-electron chi connectivity index (χ3n) is 6.37. The molecule has 0 spiro atoms. The van der Waals surface area contributed by atoms with Crippen molar-refractivity contribution in [1.82, 2.24) is 9.80 Å². The minimum absolute atomic E-state index is 0.0859. The van der Waals surface area contributed by atoms with Gasteiger partial charge in [-0.3, -0.25) is 9.69 Å². The van der Waals surface area contributed by atoms with Crippen molar-refractivity contribution in [3.63, 3.8) is 0 Å². The van der Waals surface area contributed by atoms with Crippen LogP contribution in [0.1, 0.15) is 30.0 Å². The third-order valence-corrected chi connectivity index (χ3v) is 6.62. The van der Waals surface area contributed by atoms with Crippen LogP contribution in [0.5, 0.6) is 11.5 Å². The highest BCUT2D eigenvalue weighted by Crippen LogP contribution is 2.38. The average molecular weight is 560 g/mol. The van der Waals surface area contributed by atoms with Crippen LogP contribution in [0, 0.1) is 0 Å². The smallest absolute Gasteiger partial charge is 0.416 e. The van der Waals surface area contributed by atoms with Crippen LogP contribution in [0.3, 0.4) is 0 Å². The van der Waals surface area contributed by atoms with Gasteiger partial charge < -0.3 is 14.5 Å². The average Bonchev–Trinajstić information content (AvgIpc) is 3.21. The van der Waals surface area contributed by atoms with E-state index in [-0.39, 0.29) is 18.9 Å². The summed E-state index contributed by atoms with van der Waals surface area (Å²) in [5.74, 6) is 0.989. The molecule has 0 N–H and O–H groups in total. The Kier molecular flexibility index (Phi) is 8.82. The minimum Gasteiger partial charge on any atom is -0.457 e. The number of hydrogen-bond donors (Lipinski definition) is 0. The lowest BCUT2D eigenvalue weighted by Gasteiger charge is -2.24. The Bertz CT molecular complexity index is 1300. The van der Waals surface area contributed by atoms with E-state index in [9.17, 15) is 22.8 Å². The molecule has 1 unspecified atom stereocenters. The van der Waals surface area contributed by atoms with E-state index in [0.29, 0.717) is 40.6 Å². The number of halogens is 4. The second-order valence-corrected chi connectivity index (χ2v) is 10.1. The van der Waals surface area contributed by atoms with Gasteiger partial charge in [0.15, 0.2) is 5.78 Å². The molecule has 4 rings (SSSR count). The van der Waals surface area contributed by atoms with E-state index in [1.807, 2.05) is 19.0 Å². The molecule has 1 aliphatic heterocycles. The van der Waals surface area contributed by atoms with Gasteiger partial charge in [0, 0.05) is 23.7 Å². The van der Waals surface area contributed by atoms with Crippen molar-refractivity contribution in [2.45, 2.75) is 25.1 Å². The molecule has 1 aliphatic rings. The topological polar surface area (TPSA) is 53.1 Å². The van der Waals surface area contributed by atoms with Crippen LogP contribution in [0.15, 0.2) is 72.8 Å². The number of ether oxygens (including phenoxy) is 1. The molecule has 0 bridgehead atoms. The van der Waals surface area contributed by atoms with E-state index < -0.39 is 23.8 Å². The van der Waals surface area contributed by atoms with Crippen LogP contribution in [-0.2, 0) is 11.0 Å². The molecule has 0 aromatic heterocycles. The molecule has 2 amide bonds. The lowest BCUT2D eigenvalue weighted by atomic mass is 10.0. The van der Waals surface area contributed by atoms with Gasteiger partial charge >= 0.3 is 12.2 Å². The number of rotatable bonds is 10. The van der Waals surface area contributed by atoms with Crippen LogP contribution in [0.2, 0.25) is 5.02 Å². The molecule has 1 atom stereocenters. The van der Waals surface area contributed by atoms with E-state index in [4.69, 9.17) is 16.3 Å². The van der Waals surface area contributed by atoms with Crippen LogP contribution in [0.4, 0.5) is 23.7 Å². The summed E-state index contributed by atoms with van der Waals surface area (Å²) in [6.07, 6.45) is -3.55. The Morgan fingerprint density at radius 3 is 2.28 bits per heavy atom. The molecule has 0 radical (unpaired) electrons. The predicted molar refractivity (Wildman–Crippen MR) is 144 cm³/mol. The number of carbonyl (C=O) groups excluding carboxylic acids is 2. The zero-order chi connectivity index (χ0) is 28.2. The number of urea groups is 1. The lowest BCUT2D eigenvalue weighted by Crippen LogP contribution is -2.35. The molecular weight excluding hydrogens is 531 g/mol. The SMILES string of the molecule is CN(C)CCCC(=O)CN1CC(c2cccc(C(F)(F)F)c2)N(c2ccc(Oc3ccc(Cl)cc3)cc2)C1=O. The number of Topliss-reactive ketones (excluding diaryl/α,β-unsaturated/α-hetero) is 1. The Hall–Kier alpha value is -3.56. The van der Waals surface area contributed by atoms with Crippen molar-refractivity contribution < 1.29 is 27.5 Å². The fraction of sp³-hybridized carbons (Fsp3) is 0.310. The number of carbonyl (C=O) groups is 2. The maximum absolute atomic E-state index is 13.5. The van der Waals surface area contributed by atoms with Crippen LogP contribution in [-0.4, -0.2) is 55.3 Å². The highest BCUT2D eigenvalue weighted by atomic mass is 35.5. The van der Waals surface area contributed by atoms with Crippen molar-refractivity contribution in [3.05, 3.63) is 88.9 Å². The normalized spacial score (nSPS) is 15.8. The number of anilines is 1. The van der Waals surface area contributed by atoms with Gasteiger partial charge in [-0.1, -0.05) is 23.7 Å². The van der Waals surface area contributed by atoms with E-state index in [0.717, 1.165) is 18.7 Å². The largest absolute Gasteiger partial charge is 0.457 e. The number of amides is 2. The van der Waals surface area contributed by atoms with Crippen molar-refractivity contribution in [3.8, 4) is 11.5 Å². The number of ketones is 1. The van der Waals surface area contributed by atoms with E-state index in [1.54, 1.807) is 54.6 Å². The highest BCUT2D eigenvalue weighted by Gasteiger charge is 2.41. The second kappa shape index (κ2) is 12.1. The molecule has 1 saturated heterocycles. The van der Waals surface area contributed by atoms with Crippen LogP contribution >= 0.6 is 11.6 Å². The first-order valence-electron chi connectivity index (χ1n) is 12.5. The van der Waals surface area contributed by atoms with E-state index >= 15 is 0 Å². The summed E-state index contributed by atoms with van der Waals surface area (Å²) < 4.78 is 46.2. The van der Waals surface area contributed by atoms with Gasteiger partial charge in [0.1, 0.15) is 11.5 Å². The molecule has 39 heavy (non-hydrogen) atoms. The molecule has 10 heteroatoms. The van der Waals surface area contributed by atoms with Gasteiger partial charge in [-0.2, -0.15) is 13.2 Å². The standard InChI is InChI=1S/C29H29ClF3N3O3/c1-34(2)16-4-7-24(37)18-35-19-27(20-5-3-6-21(17-20)29(31,32)33)36(28(35)38)23-10-14-26(15-11-23)39-25-12-8-22(30)9-13-25/h3,5-6,8-15,17,27H,4,7,16,18-19H2,1-2H3. The maximum Gasteiger partial charge on any atom is 0.416 e. The summed E-state index contributed by atoms with van der Waals surface area (Å²) in [5.41, 5.74) is 0.0213. The zero-order valence-electron chi connectivity index (χ0n) is 21.6. The molecule has 3 aromatic rings. The van der Waals surface area contributed by atoms with Crippen LogP contribution < -0.4 is 9.64 Å². The summed E-state index contributed by atoms with van der Waals surface area (Å²) in [7, 11) is 3.83. The van der Waals surface area contributed by atoms with E-state index in [2.05, 4.69) is 0 Å². The van der Waals surface area contributed by atoms with Gasteiger partial charge in [-0.25, -0.2) is 4.79 Å². The van der Waals surface area contributed by atoms with Crippen LogP contribution in [0.25, 0.3) is 0 Å². The lowest BCUT2D eigenvalue weighted by molar-refractivity contribution is -0.137. The summed E-state index contributed by atoms with van der Waals surface area (Å²) in [5, 5.41) is 0.576. The van der Waals surface area contributed by atoms with Crippen molar-refractivity contribution in [2.24, 2.45) is 0 Å². The quantitative estimate of drug-likeness (QED) is 0.267. The van der Waals surface area contributed by atoms with Gasteiger partial charge in [-0.15, -0.1) is 0 Å². The predicted octanol–water partition coefficient (Wildman–Crippen LogP) is 7.05. The summed E-state index contributed by atoms with van der Waals surface area (Å²) in [6.45, 7) is 0.724. The second-order valence-electron chi connectivity index (χ2n) is 9.67. The molecule has 6 nitrogen and oxygen atoms in total. The first kappa shape index (κ1) is 28.4. The highest BCUT2D eigenvalue weighted by molar-refractivity contribution is 6.30. The van der Waals surface area contributed by atoms with Crippen molar-refractivity contribution in [2.75, 3.05) is 38.6 Å². The molecule has 1 heterocycles. The molecular formula is C29H29ClF3N3O3. The Balaban J connectivity index is 1.58. The molecule has 206 valence electrons. The van der Waals surface area contributed by atoms with Crippen molar-refractivity contribution in [1.29, 1.82) is 0 Å². The Labute approximate surface area is 230 Å². The third kappa shape index (κ3) is 7.30. The summed E-state index contributed by atoms with van der Waals surface area (Å²) >= 11 is 5.92. The fourth-order valence-corrected chi connectivity index (χ4v) is 4.58. The monoisotopic (exact) mass is 559 g/mol. The number of benzene rings is 3. The first-order valence-corrected chi connectivity index (χ1v) is 12.8. The Morgan fingerprint density at radius 2 is 1.67 bits per heavy atom. The first-order chi connectivity index (χ1) is 18.5. The number of alkyl halides is 3. The summed E-state index contributed by atoms with van der Waals surface area (Å²) in [4.78, 5) is 31.0. The number of hydrogen-bond acceptors (Lipinski definition) is 4. The summed E-state index contributed by atoms with van der Waals surface area (Å²) in [6, 6.07) is 17.3. The maximum atomic E-state index is 13.5. The van der Waals surface area contributed by atoms with E-state index in [1.165, 1.54) is 15.9 Å². The van der Waals surface area contributed by atoms with Gasteiger partial charge in [0.2, 0.25) is 0 Å². The number of nitrogens with zero attached hydrogens (tertiary/aromatic N) is 3. The fourth-order valence-electron chi connectivity index (χ4n) is 4.45. The molecule has 0 aliphatic carbocycles. The minimum atomic E-state index is -4.52. The van der Waals surface area contributed by atoms with Crippen molar-refractivity contribution >= 4 is 29.1 Å². The van der Waals surface area contributed by atoms with Gasteiger partial charge in [0.25, 0.3) is 0 Å². The Morgan fingerprint density at radius 1 is 1.03 bits per heavy atom. The zero-order valence-corrected chi connectivity index (χ0v) is 22.4. The molecule has 1 fully saturated rings. The van der Waals surface area contributed by atoms with Gasteiger partial charge in [-0.05, 0) is 93.3 Å².